The fourth-order valence-corrected chi connectivity index (χ4v) is 1.80. The molecule has 18 heavy (non-hydrogen) atoms. The largest absolute Gasteiger partial charge is 0.376 e. The Morgan fingerprint density at radius 2 is 2.39 bits per heavy atom. The summed E-state index contributed by atoms with van der Waals surface area (Å²) in [6.07, 6.45) is 2.79. The van der Waals surface area contributed by atoms with Crippen molar-refractivity contribution in [2.75, 3.05) is 19.7 Å². The molecular formula is C11H18N4O3. The van der Waals surface area contributed by atoms with E-state index in [1.165, 1.54) is 0 Å². The van der Waals surface area contributed by atoms with Gasteiger partial charge in [-0.15, -0.1) is 0 Å². The van der Waals surface area contributed by atoms with Crippen LogP contribution in [0.1, 0.15) is 24.6 Å². The Morgan fingerprint density at radius 1 is 1.50 bits per heavy atom. The molecule has 0 bridgehead atoms. The van der Waals surface area contributed by atoms with Gasteiger partial charge in [0.2, 0.25) is 5.89 Å². The second-order valence-electron chi connectivity index (χ2n) is 4.26. The molecule has 2 amide bonds. The molecular weight excluding hydrogens is 236 g/mol. The van der Waals surface area contributed by atoms with Gasteiger partial charge in [-0.1, -0.05) is 5.16 Å². The van der Waals surface area contributed by atoms with Crippen LogP contribution in [0.4, 0.5) is 4.79 Å². The van der Waals surface area contributed by atoms with Crippen molar-refractivity contribution in [2.45, 2.75) is 32.3 Å². The number of aromatic nitrogens is 2. The van der Waals surface area contributed by atoms with Crippen molar-refractivity contribution in [1.82, 2.24) is 20.8 Å². The molecule has 100 valence electrons. The van der Waals surface area contributed by atoms with Crippen LogP contribution in [0.15, 0.2) is 4.52 Å². The number of urea groups is 1. The van der Waals surface area contributed by atoms with Gasteiger partial charge in [0.25, 0.3) is 0 Å². The van der Waals surface area contributed by atoms with Crippen LogP contribution in [-0.2, 0) is 11.2 Å². The van der Waals surface area contributed by atoms with Gasteiger partial charge >= 0.3 is 6.03 Å². The van der Waals surface area contributed by atoms with Crippen LogP contribution in [0.3, 0.4) is 0 Å². The zero-order valence-electron chi connectivity index (χ0n) is 10.4. The number of amides is 2. The van der Waals surface area contributed by atoms with Gasteiger partial charge in [-0.3, -0.25) is 0 Å². The third kappa shape index (κ3) is 3.99. The fraction of sp³-hybridized carbons (Fsp3) is 0.727. The third-order valence-corrected chi connectivity index (χ3v) is 2.71. The number of hydrogen-bond acceptors (Lipinski definition) is 5. The van der Waals surface area contributed by atoms with E-state index in [4.69, 9.17) is 9.26 Å². The maximum Gasteiger partial charge on any atom is 0.314 e. The van der Waals surface area contributed by atoms with Crippen molar-refractivity contribution in [3.8, 4) is 0 Å². The molecule has 7 heteroatoms. The molecule has 1 fully saturated rings. The molecule has 1 aromatic heterocycles. The Hall–Kier alpha value is -1.63. The topological polar surface area (TPSA) is 89.3 Å². The first-order valence-corrected chi connectivity index (χ1v) is 6.16. The number of hydrogen-bond donors (Lipinski definition) is 2. The fourth-order valence-electron chi connectivity index (χ4n) is 1.80. The van der Waals surface area contributed by atoms with E-state index in [9.17, 15) is 4.79 Å². The van der Waals surface area contributed by atoms with Crippen molar-refractivity contribution < 1.29 is 14.1 Å². The average Bonchev–Trinajstić information content (AvgIpc) is 2.98. The first-order chi connectivity index (χ1) is 8.74. The van der Waals surface area contributed by atoms with Gasteiger partial charge in [-0.25, -0.2) is 4.79 Å². The van der Waals surface area contributed by atoms with Crippen LogP contribution in [0.5, 0.6) is 0 Å². The molecule has 2 heterocycles. The minimum Gasteiger partial charge on any atom is -0.376 e. The zero-order valence-corrected chi connectivity index (χ0v) is 10.4. The number of ether oxygens (including phenoxy) is 1. The molecule has 2 rings (SSSR count). The summed E-state index contributed by atoms with van der Waals surface area (Å²) in [5.74, 6) is 1.14. The van der Waals surface area contributed by atoms with Crippen LogP contribution < -0.4 is 10.6 Å². The number of rotatable bonds is 5. The molecule has 0 radical (unpaired) electrons. The van der Waals surface area contributed by atoms with Gasteiger partial charge in [0.05, 0.1) is 6.10 Å². The summed E-state index contributed by atoms with van der Waals surface area (Å²) in [7, 11) is 0. The Morgan fingerprint density at radius 3 is 3.06 bits per heavy atom. The van der Waals surface area contributed by atoms with E-state index in [-0.39, 0.29) is 12.1 Å². The molecule has 1 atom stereocenters. The maximum absolute atomic E-state index is 11.5. The van der Waals surface area contributed by atoms with Crippen molar-refractivity contribution in [3.63, 3.8) is 0 Å². The quantitative estimate of drug-likeness (QED) is 0.793. The standard InChI is InChI=1S/C11H18N4O3/c1-8-14-10(18-15-8)4-5-12-11(16)13-7-9-3-2-6-17-9/h9H,2-7H2,1H3,(H2,12,13,16)/t9-/m0/s1. The summed E-state index contributed by atoms with van der Waals surface area (Å²) in [6, 6.07) is -0.193. The molecule has 2 N–H and O–H groups in total. The summed E-state index contributed by atoms with van der Waals surface area (Å²) < 4.78 is 10.3. The highest BCUT2D eigenvalue weighted by Crippen LogP contribution is 2.10. The van der Waals surface area contributed by atoms with Crippen molar-refractivity contribution in [3.05, 3.63) is 11.7 Å². The van der Waals surface area contributed by atoms with E-state index in [0.717, 1.165) is 19.4 Å². The van der Waals surface area contributed by atoms with Crippen LogP contribution in [0.2, 0.25) is 0 Å². The number of carbonyl (C=O) groups excluding carboxylic acids is 1. The van der Waals surface area contributed by atoms with Crippen LogP contribution in [-0.4, -0.2) is 42.0 Å². The normalized spacial score (nSPS) is 18.8. The molecule has 1 saturated heterocycles. The van der Waals surface area contributed by atoms with Crippen LogP contribution in [0.25, 0.3) is 0 Å². The SMILES string of the molecule is Cc1noc(CCNC(=O)NC[C@@H]2CCCO2)n1. The second kappa shape index (κ2) is 6.34. The molecule has 1 aliphatic rings. The molecule has 1 aliphatic heterocycles. The number of nitrogens with one attached hydrogen (secondary N) is 2. The highest BCUT2D eigenvalue weighted by Gasteiger charge is 2.15. The van der Waals surface area contributed by atoms with Gasteiger partial charge in [0.1, 0.15) is 0 Å². The summed E-state index contributed by atoms with van der Waals surface area (Å²) in [6.45, 7) is 3.59. The highest BCUT2D eigenvalue weighted by molar-refractivity contribution is 5.73. The lowest BCUT2D eigenvalue weighted by atomic mass is 10.2. The van der Waals surface area contributed by atoms with Gasteiger partial charge in [-0.05, 0) is 19.8 Å². The minimum absolute atomic E-state index is 0.161. The molecule has 0 aromatic carbocycles. The summed E-state index contributed by atoms with van der Waals surface area (Å²) in [5.41, 5.74) is 0. The molecule has 1 aromatic rings. The molecule has 0 saturated carbocycles. The van der Waals surface area contributed by atoms with E-state index in [1.54, 1.807) is 6.92 Å². The summed E-state index contributed by atoms with van der Waals surface area (Å²) in [4.78, 5) is 15.5. The molecule has 7 nitrogen and oxygen atoms in total. The van der Waals surface area contributed by atoms with E-state index in [0.29, 0.717) is 31.2 Å². The smallest absolute Gasteiger partial charge is 0.314 e. The molecule has 0 spiro atoms. The molecule has 0 unspecified atom stereocenters. The van der Waals surface area contributed by atoms with Crippen LogP contribution in [0, 0.1) is 6.92 Å². The van der Waals surface area contributed by atoms with Gasteiger partial charge in [0, 0.05) is 26.1 Å². The first kappa shape index (κ1) is 12.8. The number of aryl methyl sites for hydroxylation is 1. The monoisotopic (exact) mass is 254 g/mol. The van der Waals surface area contributed by atoms with E-state index >= 15 is 0 Å². The van der Waals surface area contributed by atoms with Crippen molar-refractivity contribution in [2.24, 2.45) is 0 Å². The lowest BCUT2D eigenvalue weighted by Gasteiger charge is -2.11. The lowest BCUT2D eigenvalue weighted by molar-refractivity contribution is 0.111. The molecule has 0 aliphatic carbocycles. The van der Waals surface area contributed by atoms with Gasteiger partial charge < -0.3 is 19.9 Å². The van der Waals surface area contributed by atoms with Gasteiger partial charge in [0.15, 0.2) is 5.82 Å². The average molecular weight is 254 g/mol. The number of nitrogens with zero attached hydrogens (tertiary/aromatic N) is 2. The van der Waals surface area contributed by atoms with E-state index in [1.807, 2.05) is 0 Å². The predicted octanol–water partition coefficient (Wildman–Crippen LogP) is 0.399. The third-order valence-electron chi connectivity index (χ3n) is 2.71. The second-order valence-corrected chi connectivity index (χ2v) is 4.26. The summed E-state index contributed by atoms with van der Waals surface area (Å²) in [5, 5.41) is 9.18. The first-order valence-electron chi connectivity index (χ1n) is 6.16. The van der Waals surface area contributed by atoms with E-state index < -0.39 is 0 Å². The van der Waals surface area contributed by atoms with Crippen LogP contribution >= 0.6 is 0 Å². The number of carbonyl (C=O) groups is 1. The minimum atomic E-state index is -0.193. The van der Waals surface area contributed by atoms with E-state index in [2.05, 4.69) is 20.8 Å². The Kier molecular flexibility index (Phi) is 4.52. The highest BCUT2D eigenvalue weighted by atomic mass is 16.5. The Bertz CT molecular complexity index is 387. The Balaban J connectivity index is 1.57. The predicted molar refractivity (Wildman–Crippen MR) is 63.1 cm³/mol. The van der Waals surface area contributed by atoms with Crippen molar-refractivity contribution >= 4 is 6.03 Å². The summed E-state index contributed by atoms with van der Waals surface area (Å²) >= 11 is 0. The van der Waals surface area contributed by atoms with Gasteiger partial charge in [-0.2, -0.15) is 4.98 Å². The zero-order chi connectivity index (χ0) is 12.8. The van der Waals surface area contributed by atoms with Crippen molar-refractivity contribution in [1.29, 1.82) is 0 Å². The Labute approximate surface area is 105 Å². The lowest BCUT2D eigenvalue weighted by Crippen LogP contribution is -2.40. The maximum atomic E-state index is 11.5.